The number of aromatic nitrogens is 1. The number of nitro groups is 1. The second-order valence-electron chi connectivity index (χ2n) is 4.35. The maximum Gasteiger partial charge on any atom is 0.386 e. The lowest BCUT2D eigenvalue weighted by molar-refractivity contribution is -0.388. The van der Waals surface area contributed by atoms with Crippen LogP contribution in [-0.4, -0.2) is 28.5 Å². The van der Waals surface area contributed by atoms with E-state index in [-0.39, 0.29) is 11.9 Å². The molecule has 0 aromatic carbocycles. The smallest absolute Gasteiger partial charge is 0.375 e. The third-order valence-corrected chi connectivity index (χ3v) is 2.94. The summed E-state index contributed by atoms with van der Waals surface area (Å²) in [5.41, 5.74) is 0.511. The Hall–Kier alpha value is -1.69. The molecular weight excluding hydrogens is 220 g/mol. The number of rotatable bonds is 3. The third-order valence-electron chi connectivity index (χ3n) is 2.94. The molecule has 1 aliphatic heterocycles. The number of nitrogens with one attached hydrogen (secondary N) is 2. The Balaban J connectivity index is 2.10. The molecule has 1 fully saturated rings. The molecule has 0 radical (unpaired) electrons. The normalized spacial score (nSPS) is 24.3. The molecule has 0 aliphatic carbocycles. The van der Waals surface area contributed by atoms with E-state index in [1.807, 2.05) is 0 Å². The van der Waals surface area contributed by atoms with E-state index in [2.05, 4.69) is 22.5 Å². The van der Waals surface area contributed by atoms with Gasteiger partial charge in [0.2, 0.25) is 0 Å². The minimum absolute atomic E-state index is 0.0984. The second kappa shape index (κ2) is 5.09. The van der Waals surface area contributed by atoms with Crippen LogP contribution in [0.15, 0.2) is 18.3 Å². The molecule has 0 saturated carbocycles. The number of piperidine rings is 1. The van der Waals surface area contributed by atoms with E-state index in [1.54, 1.807) is 12.1 Å². The van der Waals surface area contributed by atoms with Crippen LogP contribution >= 0.6 is 0 Å². The lowest BCUT2D eigenvalue weighted by Crippen LogP contribution is -2.41. The highest BCUT2D eigenvalue weighted by Crippen LogP contribution is 2.23. The van der Waals surface area contributed by atoms with Gasteiger partial charge in [-0.2, -0.15) is 0 Å². The molecule has 17 heavy (non-hydrogen) atoms. The number of hydrogen-bond acceptors (Lipinski definition) is 5. The Bertz CT molecular complexity index is 410. The molecule has 0 bridgehead atoms. The van der Waals surface area contributed by atoms with Gasteiger partial charge in [0.15, 0.2) is 0 Å². The van der Waals surface area contributed by atoms with Crippen LogP contribution in [0.2, 0.25) is 0 Å². The first-order chi connectivity index (χ1) is 8.16. The van der Waals surface area contributed by atoms with Crippen molar-refractivity contribution in [2.45, 2.75) is 31.8 Å². The Morgan fingerprint density at radius 3 is 3.18 bits per heavy atom. The molecular formula is C11H16N4O2. The van der Waals surface area contributed by atoms with Gasteiger partial charge in [0.25, 0.3) is 0 Å². The summed E-state index contributed by atoms with van der Waals surface area (Å²) in [5, 5.41) is 17.4. The van der Waals surface area contributed by atoms with Crippen molar-refractivity contribution < 1.29 is 4.92 Å². The molecule has 2 atom stereocenters. The van der Waals surface area contributed by atoms with Gasteiger partial charge >= 0.3 is 5.82 Å². The quantitative estimate of drug-likeness (QED) is 0.614. The lowest BCUT2D eigenvalue weighted by Gasteiger charge is -2.29. The van der Waals surface area contributed by atoms with Crippen LogP contribution in [0, 0.1) is 10.1 Å². The topological polar surface area (TPSA) is 80.1 Å². The first-order valence-electron chi connectivity index (χ1n) is 5.76. The first kappa shape index (κ1) is 11.8. The van der Waals surface area contributed by atoms with Gasteiger partial charge in [0.05, 0.1) is 0 Å². The zero-order valence-electron chi connectivity index (χ0n) is 9.72. The van der Waals surface area contributed by atoms with Crippen molar-refractivity contribution in [1.82, 2.24) is 10.3 Å². The Morgan fingerprint density at radius 1 is 1.65 bits per heavy atom. The van der Waals surface area contributed by atoms with E-state index < -0.39 is 4.92 Å². The third kappa shape index (κ3) is 2.91. The number of anilines is 1. The lowest BCUT2D eigenvalue weighted by atomic mass is 10.0. The zero-order chi connectivity index (χ0) is 12.3. The molecule has 1 aliphatic rings. The zero-order valence-corrected chi connectivity index (χ0v) is 9.72. The van der Waals surface area contributed by atoms with E-state index in [9.17, 15) is 10.1 Å². The number of pyridine rings is 1. The monoisotopic (exact) mass is 236 g/mol. The van der Waals surface area contributed by atoms with Gasteiger partial charge in [-0.25, -0.2) is 0 Å². The Morgan fingerprint density at radius 2 is 2.47 bits per heavy atom. The molecule has 6 heteroatoms. The summed E-state index contributed by atoms with van der Waals surface area (Å²) in [7, 11) is 0. The number of hydrogen-bond donors (Lipinski definition) is 2. The van der Waals surface area contributed by atoms with Crippen LogP contribution in [0.3, 0.4) is 0 Å². The van der Waals surface area contributed by atoms with Gasteiger partial charge < -0.3 is 20.7 Å². The summed E-state index contributed by atoms with van der Waals surface area (Å²) in [5.74, 6) is -0.0984. The Kier molecular flexibility index (Phi) is 3.53. The van der Waals surface area contributed by atoms with Gasteiger partial charge in [0, 0.05) is 12.1 Å². The summed E-state index contributed by atoms with van der Waals surface area (Å²) < 4.78 is 0. The van der Waals surface area contributed by atoms with Gasteiger partial charge in [0.1, 0.15) is 11.9 Å². The summed E-state index contributed by atoms with van der Waals surface area (Å²) in [6.45, 7) is 3.05. The van der Waals surface area contributed by atoms with Crippen molar-refractivity contribution in [2.75, 3.05) is 11.9 Å². The fourth-order valence-electron chi connectivity index (χ4n) is 2.14. The van der Waals surface area contributed by atoms with Crippen molar-refractivity contribution in [3.05, 3.63) is 28.4 Å². The van der Waals surface area contributed by atoms with Crippen LogP contribution in [0.25, 0.3) is 0 Å². The van der Waals surface area contributed by atoms with Gasteiger partial charge in [-0.05, 0) is 48.4 Å². The molecule has 2 N–H and O–H groups in total. The molecule has 2 heterocycles. The highest BCUT2D eigenvalue weighted by atomic mass is 16.6. The molecule has 2 rings (SSSR count). The van der Waals surface area contributed by atoms with E-state index >= 15 is 0 Å². The summed E-state index contributed by atoms with van der Waals surface area (Å²) in [4.78, 5) is 14.2. The van der Waals surface area contributed by atoms with Gasteiger partial charge in [-0.1, -0.05) is 0 Å². The summed E-state index contributed by atoms with van der Waals surface area (Å²) in [6, 6.07) is 4.13. The second-order valence-corrected chi connectivity index (χ2v) is 4.35. The fraction of sp³-hybridized carbons (Fsp3) is 0.545. The van der Waals surface area contributed by atoms with Crippen molar-refractivity contribution in [3.8, 4) is 0 Å². The Labute approximate surface area is 99.6 Å². The van der Waals surface area contributed by atoms with Crippen molar-refractivity contribution in [1.29, 1.82) is 0 Å². The largest absolute Gasteiger partial charge is 0.386 e. The van der Waals surface area contributed by atoms with Crippen LogP contribution in [-0.2, 0) is 0 Å². The van der Waals surface area contributed by atoms with Crippen molar-refractivity contribution >= 4 is 11.5 Å². The molecule has 1 aromatic heterocycles. The van der Waals surface area contributed by atoms with Crippen molar-refractivity contribution in [2.24, 2.45) is 0 Å². The predicted molar refractivity (Wildman–Crippen MR) is 65.0 cm³/mol. The SMILES string of the molecule is CC1CC(Nc2cccnc2[N+](=O)[O-])CCN1. The summed E-state index contributed by atoms with van der Waals surface area (Å²) in [6.07, 6.45) is 3.37. The maximum atomic E-state index is 10.8. The standard InChI is InChI=1S/C11H16N4O2/c1-8-7-9(4-6-12-8)14-10-3-2-5-13-11(10)15(16)17/h2-3,5,8-9,12,14H,4,6-7H2,1H3. The maximum absolute atomic E-state index is 10.8. The fourth-order valence-corrected chi connectivity index (χ4v) is 2.14. The molecule has 1 saturated heterocycles. The highest BCUT2D eigenvalue weighted by Gasteiger charge is 2.21. The molecule has 6 nitrogen and oxygen atoms in total. The molecule has 92 valence electrons. The first-order valence-corrected chi connectivity index (χ1v) is 5.76. The van der Waals surface area contributed by atoms with Gasteiger partial charge in [-0.15, -0.1) is 0 Å². The van der Waals surface area contributed by atoms with Gasteiger partial charge in [-0.3, -0.25) is 0 Å². The van der Waals surface area contributed by atoms with E-state index in [0.29, 0.717) is 11.7 Å². The van der Waals surface area contributed by atoms with E-state index in [0.717, 1.165) is 19.4 Å². The van der Waals surface area contributed by atoms with E-state index in [4.69, 9.17) is 0 Å². The van der Waals surface area contributed by atoms with Crippen LogP contribution in [0.1, 0.15) is 19.8 Å². The van der Waals surface area contributed by atoms with Crippen molar-refractivity contribution in [3.63, 3.8) is 0 Å². The van der Waals surface area contributed by atoms with Crippen LogP contribution in [0.4, 0.5) is 11.5 Å². The molecule has 0 amide bonds. The van der Waals surface area contributed by atoms with Crippen LogP contribution < -0.4 is 10.6 Å². The average Bonchev–Trinajstić information content (AvgIpc) is 2.29. The molecule has 2 unspecified atom stereocenters. The predicted octanol–water partition coefficient (Wildman–Crippen LogP) is 1.54. The minimum atomic E-state index is -0.452. The minimum Gasteiger partial charge on any atom is -0.375 e. The highest BCUT2D eigenvalue weighted by molar-refractivity contribution is 5.57. The average molecular weight is 236 g/mol. The molecule has 0 spiro atoms. The molecule has 1 aromatic rings. The number of nitrogens with zero attached hydrogens (tertiary/aromatic N) is 2. The van der Waals surface area contributed by atoms with Crippen LogP contribution in [0.5, 0.6) is 0 Å². The van der Waals surface area contributed by atoms with E-state index in [1.165, 1.54) is 6.20 Å². The summed E-state index contributed by atoms with van der Waals surface area (Å²) >= 11 is 0.